The molecule has 194 valence electrons. The van der Waals surface area contributed by atoms with Gasteiger partial charge in [0.05, 0.1) is 16.3 Å². The molecule has 0 saturated carbocycles. The summed E-state index contributed by atoms with van der Waals surface area (Å²) >= 11 is 12.2. The molecule has 0 fully saturated rings. The number of oxime groups is 1. The van der Waals surface area contributed by atoms with E-state index in [2.05, 4.69) is 5.16 Å². The molecule has 0 bridgehead atoms. The zero-order chi connectivity index (χ0) is 27.4. The Bertz CT molecular complexity index is 1580. The fraction of sp³-hybridized carbons (Fsp3) is 0.138. The summed E-state index contributed by atoms with van der Waals surface area (Å²) in [5.74, 6) is -0.502. The number of benzene rings is 3. The Morgan fingerprint density at radius 1 is 1.00 bits per heavy atom. The number of carboxylic acid groups (broad SMARTS) is 1. The molecule has 4 aromatic rings. The van der Waals surface area contributed by atoms with Crippen molar-refractivity contribution in [3.05, 3.63) is 127 Å². The highest BCUT2D eigenvalue weighted by Crippen LogP contribution is 2.35. The van der Waals surface area contributed by atoms with Crippen molar-refractivity contribution in [1.82, 2.24) is 4.57 Å². The fourth-order valence-corrected chi connectivity index (χ4v) is 4.67. The van der Waals surface area contributed by atoms with Crippen molar-refractivity contribution >= 4 is 34.9 Å². The second-order valence-corrected chi connectivity index (χ2v) is 9.63. The van der Waals surface area contributed by atoms with Gasteiger partial charge < -0.3 is 19.6 Å². The Kier molecular flexibility index (Phi) is 8.20. The minimum Gasteiger partial charge on any atom is -0.478 e. The third-order valence-corrected chi connectivity index (χ3v) is 6.80. The second kappa shape index (κ2) is 11.5. The largest absolute Gasteiger partial charge is 0.478 e. The highest BCUT2D eigenvalue weighted by molar-refractivity contribution is 6.33. The maximum Gasteiger partial charge on any atom is 0.337 e. The van der Waals surface area contributed by atoms with E-state index in [1.54, 1.807) is 37.5 Å². The molecule has 7 nitrogen and oxygen atoms in total. The number of aromatic nitrogens is 1. The molecule has 4 rings (SSSR count). The van der Waals surface area contributed by atoms with Crippen LogP contribution in [-0.2, 0) is 7.05 Å². The van der Waals surface area contributed by atoms with Gasteiger partial charge in [0.15, 0.2) is 0 Å². The molecule has 1 unspecified atom stereocenters. The van der Waals surface area contributed by atoms with Gasteiger partial charge in [-0.2, -0.15) is 0 Å². The molecule has 0 aliphatic carbocycles. The summed E-state index contributed by atoms with van der Waals surface area (Å²) in [5.41, 5.74) is 3.74. The summed E-state index contributed by atoms with van der Waals surface area (Å²) in [5, 5.41) is 23.5. The summed E-state index contributed by atoms with van der Waals surface area (Å²) in [6, 6.07) is 20.5. The summed E-state index contributed by atoms with van der Waals surface area (Å²) in [6.45, 7) is 1.97. The average Bonchev–Trinajstić information content (AvgIpc) is 2.89. The standard InChI is InChI=1S/C29H24Cl2N2O5/c1-17-13-20(30)6-10-23(17)24(15-27(32-37)19-5-12-28(34)33(2)16-19)18-3-7-21(8-4-18)38-22-9-11-26(31)25(14-22)29(35)36/h3-14,16,24,37H,15H2,1-2H3,(H,35,36)/b32-27-. The van der Waals surface area contributed by atoms with Crippen LogP contribution in [0.4, 0.5) is 0 Å². The van der Waals surface area contributed by atoms with Crippen LogP contribution >= 0.6 is 23.2 Å². The van der Waals surface area contributed by atoms with Crippen molar-refractivity contribution in [2.45, 2.75) is 19.3 Å². The molecule has 0 radical (unpaired) electrons. The Balaban J connectivity index is 1.68. The van der Waals surface area contributed by atoms with Gasteiger partial charge in [-0.1, -0.05) is 46.6 Å². The maximum absolute atomic E-state index is 11.9. The first-order valence-electron chi connectivity index (χ1n) is 11.6. The molecular formula is C29H24Cl2N2O5. The Hall–Kier alpha value is -4.07. The number of aromatic carboxylic acids is 1. The predicted molar refractivity (Wildman–Crippen MR) is 148 cm³/mol. The highest BCUT2D eigenvalue weighted by Gasteiger charge is 2.21. The van der Waals surface area contributed by atoms with Crippen molar-refractivity contribution < 1.29 is 19.8 Å². The van der Waals surface area contributed by atoms with E-state index in [0.29, 0.717) is 34.2 Å². The van der Waals surface area contributed by atoms with Crippen molar-refractivity contribution in [1.29, 1.82) is 0 Å². The Morgan fingerprint density at radius 3 is 2.34 bits per heavy atom. The molecule has 1 heterocycles. The Morgan fingerprint density at radius 2 is 1.71 bits per heavy atom. The van der Waals surface area contributed by atoms with Gasteiger partial charge in [-0.05, 0) is 72.1 Å². The van der Waals surface area contributed by atoms with Crippen molar-refractivity contribution in [3.8, 4) is 11.5 Å². The highest BCUT2D eigenvalue weighted by atomic mass is 35.5. The quantitative estimate of drug-likeness (QED) is 0.141. The van der Waals surface area contributed by atoms with E-state index in [1.165, 1.54) is 22.8 Å². The SMILES string of the molecule is Cc1cc(Cl)ccc1C(C/C(=N/O)c1ccc(=O)n(C)c1)c1ccc(Oc2ccc(Cl)c(C(=O)O)c2)cc1. The van der Waals surface area contributed by atoms with Gasteiger partial charge in [0.25, 0.3) is 0 Å². The van der Waals surface area contributed by atoms with Crippen LogP contribution in [0.25, 0.3) is 0 Å². The minimum absolute atomic E-state index is 0.0479. The third kappa shape index (κ3) is 6.07. The second-order valence-electron chi connectivity index (χ2n) is 8.79. The lowest BCUT2D eigenvalue weighted by atomic mass is 9.83. The summed E-state index contributed by atoms with van der Waals surface area (Å²) < 4.78 is 7.30. The molecule has 1 atom stereocenters. The van der Waals surface area contributed by atoms with Crippen LogP contribution in [0.2, 0.25) is 10.0 Å². The number of carbonyl (C=O) groups is 1. The number of rotatable bonds is 8. The lowest BCUT2D eigenvalue weighted by Crippen LogP contribution is -2.18. The molecule has 0 saturated heterocycles. The number of hydrogen-bond acceptors (Lipinski definition) is 5. The normalized spacial score (nSPS) is 12.3. The minimum atomic E-state index is -1.14. The van der Waals surface area contributed by atoms with Gasteiger partial charge in [0, 0.05) is 42.2 Å². The van der Waals surface area contributed by atoms with E-state index in [4.69, 9.17) is 27.9 Å². The van der Waals surface area contributed by atoms with Gasteiger partial charge in [0.1, 0.15) is 11.5 Å². The van der Waals surface area contributed by atoms with E-state index < -0.39 is 5.97 Å². The number of pyridine rings is 1. The van der Waals surface area contributed by atoms with Crippen LogP contribution in [0.3, 0.4) is 0 Å². The number of halogens is 2. The molecular weight excluding hydrogens is 527 g/mol. The lowest BCUT2D eigenvalue weighted by molar-refractivity contribution is 0.0696. The van der Waals surface area contributed by atoms with Gasteiger partial charge in [-0.25, -0.2) is 4.79 Å². The third-order valence-electron chi connectivity index (χ3n) is 6.23. The summed E-state index contributed by atoms with van der Waals surface area (Å²) in [4.78, 5) is 23.2. The molecule has 0 spiro atoms. The van der Waals surface area contributed by atoms with E-state index in [-0.39, 0.29) is 22.1 Å². The monoisotopic (exact) mass is 550 g/mol. The summed E-state index contributed by atoms with van der Waals surface area (Å²) in [6.07, 6.45) is 1.98. The smallest absolute Gasteiger partial charge is 0.337 e. The lowest BCUT2D eigenvalue weighted by Gasteiger charge is -2.21. The number of nitrogens with zero attached hydrogens (tertiary/aromatic N) is 2. The van der Waals surface area contributed by atoms with Crippen LogP contribution < -0.4 is 10.3 Å². The first kappa shape index (κ1) is 27.0. The number of hydrogen-bond donors (Lipinski definition) is 2. The Labute approximate surface area is 229 Å². The van der Waals surface area contributed by atoms with Crippen molar-refractivity contribution in [3.63, 3.8) is 0 Å². The van der Waals surface area contributed by atoms with Crippen molar-refractivity contribution in [2.24, 2.45) is 12.2 Å². The van der Waals surface area contributed by atoms with Gasteiger partial charge >= 0.3 is 5.97 Å². The maximum atomic E-state index is 11.9. The zero-order valence-corrected chi connectivity index (χ0v) is 22.1. The van der Waals surface area contributed by atoms with E-state index in [1.807, 2.05) is 37.3 Å². The van der Waals surface area contributed by atoms with Crippen molar-refractivity contribution in [2.75, 3.05) is 0 Å². The first-order chi connectivity index (χ1) is 18.2. The van der Waals surface area contributed by atoms with E-state index >= 15 is 0 Å². The molecule has 3 aromatic carbocycles. The predicted octanol–water partition coefficient (Wildman–Crippen LogP) is 6.89. The van der Waals surface area contributed by atoms with Crippen LogP contribution in [0, 0.1) is 6.92 Å². The zero-order valence-electron chi connectivity index (χ0n) is 20.6. The molecule has 2 N–H and O–H groups in total. The van der Waals surface area contributed by atoms with Gasteiger partial charge in [0.2, 0.25) is 5.56 Å². The first-order valence-corrected chi connectivity index (χ1v) is 12.4. The summed E-state index contributed by atoms with van der Waals surface area (Å²) in [7, 11) is 1.64. The molecule has 0 aliphatic heterocycles. The molecule has 9 heteroatoms. The van der Waals surface area contributed by atoms with Crippen LogP contribution in [0.1, 0.15) is 45.0 Å². The topological polar surface area (TPSA) is 101 Å². The van der Waals surface area contributed by atoms with Crippen LogP contribution in [-0.4, -0.2) is 26.6 Å². The molecule has 0 amide bonds. The number of carboxylic acids is 1. The molecule has 0 aliphatic rings. The van der Waals surface area contributed by atoms with E-state index in [9.17, 15) is 19.9 Å². The number of ether oxygens (including phenoxy) is 1. The van der Waals surface area contributed by atoms with Crippen LogP contribution in [0.5, 0.6) is 11.5 Å². The number of aryl methyl sites for hydroxylation is 2. The van der Waals surface area contributed by atoms with E-state index in [0.717, 1.165) is 16.7 Å². The fourth-order valence-electron chi connectivity index (χ4n) is 4.25. The molecule has 38 heavy (non-hydrogen) atoms. The average molecular weight is 551 g/mol. The van der Waals surface area contributed by atoms with Crippen LogP contribution in [0.15, 0.2) is 88.9 Å². The molecule has 1 aromatic heterocycles. The van der Waals surface area contributed by atoms with Gasteiger partial charge in [-0.3, -0.25) is 4.79 Å². The van der Waals surface area contributed by atoms with Gasteiger partial charge in [-0.15, -0.1) is 0 Å².